The van der Waals surface area contributed by atoms with Gasteiger partial charge in [-0.2, -0.15) is 4.31 Å². The standard InChI is InChI=1S/C14H20N2O7S/c17-9-11-10-22-8-5-16(11)14(18)12-1-2-13(23-12)24(19,20)15-3-6-21-7-4-15/h1-2,11,17H,3-10H2. The van der Waals surface area contributed by atoms with E-state index >= 15 is 0 Å². The van der Waals surface area contributed by atoms with E-state index in [0.717, 1.165) is 0 Å². The highest BCUT2D eigenvalue weighted by Crippen LogP contribution is 2.22. The van der Waals surface area contributed by atoms with E-state index in [1.807, 2.05) is 0 Å². The molecule has 2 aliphatic rings. The lowest BCUT2D eigenvalue weighted by molar-refractivity contribution is -0.0198. The Morgan fingerprint density at radius 3 is 2.58 bits per heavy atom. The van der Waals surface area contributed by atoms with Gasteiger partial charge in [0, 0.05) is 19.6 Å². The zero-order valence-corrected chi connectivity index (χ0v) is 13.9. The van der Waals surface area contributed by atoms with Crippen molar-refractivity contribution in [2.24, 2.45) is 0 Å². The first-order valence-electron chi connectivity index (χ1n) is 7.71. The molecule has 2 saturated heterocycles. The molecule has 0 aromatic carbocycles. The number of amides is 1. The Kier molecular flexibility index (Phi) is 5.21. The quantitative estimate of drug-likeness (QED) is 0.743. The Balaban J connectivity index is 1.78. The highest BCUT2D eigenvalue weighted by molar-refractivity contribution is 7.89. The van der Waals surface area contributed by atoms with Crippen molar-refractivity contribution in [1.82, 2.24) is 9.21 Å². The number of morpholine rings is 2. The molecule has 2 fully saturated rings. The molecule has 134 valence electrons. The topological polar surface area (TPSA) is 110 Å². The second kappa shape index (κ2) is 7.19. The number of hydrogen-bond donors (Lipinski definition) is 1. The third kappa shape index (κ3) is 3.33. The van der Waals surface area contributed by atoms with Crippen LogP contribution in [0, 0.1) is 0 Å². The number of nitrogens with zero attached hydrogens (tertiary/aromatic N) is 2. The molecule has 24 heavy (non-hydrogen) atoms. The van der Waals surface area contributed by atoms with Gasteiger partial charge in [0.1, 0.15) is 0 Å². The number of aliphatic hydroxyl groups is 1. The van der Waals surface area contributed by atoms with Crippen molar-refractivity contribution in [1.29, 1.82) is 0 Å². The number of hydrogen-bond acceptors (Lipinski definition) is 7. The Morgan fingerprint density at radius 1 is 1.17 bits per heavy atom. The predicted molar refractivity (Wildman–Crippen MR) is 81.0 cm³/mol. The molecule has 1 aromatic heterocycles. The highest BCUT2D eigenvalue weighted by atomic mass is 32.2. The van der Waals surface area contributed by atoms with E-state index in [4.69, 9.17) is 13.9 Å². The number of ether oxygens (including phenoxy) is 2. The largest absolute Gasteiger partial charge is 0.438 e. The van der Waals surface area contributed by atoms with Crippen LogP contribution in [0.5, 0.6) is 0 Å². The molecule has 1 aromatic rings. The van der Waals surface area contributed by atoms with E-state index in [9.17, 15) is 18.3 Å². The van der Waals surface area contributed by atoms with Gasteiger partial charge >= 0.3 is 0 Å². The monoisotopic (exact) mass is 360 g/mol. The number of furan rings is 1. The fourth-order valence-electron chi connectivity index (χ4n) is 2.70. The average molecular weight is 360 g/mol. The van der Waals surface area contributed by atoms with Crippen LogP contribution in [-0.4, -0.2) is 87.3 Å². The fraction of sp³-hybridized carbons (Fsp3) is 0.643. The molecule has 0 saturated carbocycles. The van der Waals surface area contributed by atoms with Gasteiger partial charge in [-0.15, -0.1) is 0 Å². The molecular weight excluding hydrogens is 340 g/mol. The van der Waals surface area contributed by atoms with Gasteiger partial charge in [0.25, 0.3) is 15.9 Å². The summed E-state index contributed by atoms with van der Waals surface area (Å²) in [5.41, 5.74) is 0. The first-order valence-corrected chi connectivity index (χ1v) is 9.15. The molecule has 10 heteroatoms. The Labute approximate surface area is 139 Å². The summed E-state index contributed by atoms with van der Waals surface area (Å²) >= 11 is 0. The second-order valence-electron chi connectivity index (χ2n) is 5.54. The molecule has 0 aliphatic carbocycles. The molecule has 3 rings (SSSR count). The third-order valence-electron chi connectivity index (χ3n) is 4.06. The maximum absolute atomic E-state index is 12.5. The number of aliphatic hydroxyl groups excluding tert-OH is 1. The summed E-state index contributed by atoms with van der Waals surface area (Å²) < 4.78 is 42.0. The average Bonchev–Trinajstić information content (AvgIpc) is 3.13. The first kappa shape index (κ1) is 17.4. The molecule has 1 N–H and O–H groups in total. The number of sulfonamides is 1. The Hall–Kier alpha value is -1.46. The van der Waals surface area contributed by atoms with E-state index in [-0.39, 0.29) is 37.2 Å². The minimum Gasteiger partial charge on any atom is -0.438 e. The van der Waals surface area contributed by atoms with Gasteiger partial charge in [0.15, 0.2) is 5.76 Å². The Bertz CT molecular complexity index is 681. The van der Waals surface area contributed by atoms with Gasteiger partial charge in [-0.3, -0.25) is 4.79 Å². The van der Waals surface area contributed by atoms with E-state index in [0.29, 0.717) is 26.4 Å². The SMILES string of the molecule is O=C(c1ccc(S(=O)(=O)N2CCOCC2)o1)N1CCOCC1CO. The van der Waals surface area contributed by atoms with Crippen LogP contribution in [0.4, 0.5) is 0 Å². The van der Waals surface area contributed by atoms with Crippen LogP contribution in [0.15, 0.2) is 21.6 Å². The maximum Gasteiger partial charge on any atom is 0.290 e. The van der Waals surface area contributed by atoms with Gasteiger partial charge in [0.05, 0.1) is 39.1 Å². The molecule has 0 bridgehead atoms. The van der Waals surface area contributed by atoms with E-state index < -0.39 is 22.0 Å². The van der Waals surface area contributed by atoms with Crippen molar-refractivity contribution >= 4 is 15.9 Å². The van der Waals surface area contributed by atoms with Crippen LogP contribution in [0.1, 0.15) is 10.6 Å². The van der Waals surface area contributed by atoms with Gasteiger partial charge in [-0.1, -0.05) is 0 Å². The van der Waals surface area contributed by atoms with Gasteiger partial charge in [0.2, 0.25) is 5.09 Å². The van der Waals surface area contributed by atoms with Crippen molar-refractivity contribution in [3.8, 4) is 0 Å². The fourth-order valence-corrected chi connectivity index (χ4v) is 4.02. The lowest BCUT2D eigenvalue weighted by Gasteiger charge is -2.33. The van der Waals surface area contributed by atoms with Gasteiger partial charge < -0.3 is 23.9 Å². The highest BCUT2D eigenvalue weighted by Gasteiger charge is 2.33. The van der Waals surface area contributed by atoms with E-state index in [1.165, 1.54) is 21.3 Å². The molecule has 9 nitrogen and oxygen atoms in total. The number of carbonyl (C=O) groups excluding carboxylic acids is 1. The zero-order chi connectivity index (χ0) is 17.2. The van der Waals surface area contributed by atoms with Crippen LogP contribution >= 0.6 is 0 Å². The first-order chi connectivity index (χ1) is 11.5. The molecule has 1 unspecified atom stereocenters. The van der Waals surface area contributed by atoms with Crippen molar-refractivity contribution in [2.75, 3.05) is 52.7 Å². The minimum atomic E-state index is -3.78. The Morgan fingerprint density at radius 2 is 1.88 bits per heavy atom. The van der Waals surface area contributed by atoms with Gasteiger partial charge in [-0.05, 0) is 12.1 Å². The van der Waals surface area contributed by atoms with Crippen LogP contribution < -0.4 is 0 Å². The van der Waals surface area contributed by atoms with E-state index in [2.05, 4.69) is 0 Å². The third-order valence-corrected chi connectivity index (χ3v) is 5.83. The van der Waals surface area contributed by atoms with Crippen molar-refractivity contribution in [3.05, 3.63) is 17.9 Å². The number of carbonyl (C=O) groups is 1. The van der Waals surface area contributed by atoms with Crippen LogP contribution in [0.25, 0.3) is 0 Å². The summed E-state index contributed by atoms with van der Waals surface area (Å²) in [6.45, 7) is 1.85. The molecule has 3 heterocycles. The summed E-state index contributed by atoms with van der Waals surface area (Å²) in [5.74, 6) is -0.525. The molecular formula is C14H20N2O7S. The zero-order valence-electron chi connectivity index (χ0n) is 13.1. The van der Waals surface area contributed by atoms with Gasteiger partial charge in [-0.25, -0.2) is 8.42 Å². The van der Waals surface area contributed by atoms with Crippen LogP contribution in [0.2, 0.25) is 0 Å². The van der Waals surface area contributed by atoms with Crippen molar-refractivity contribution in [2.45, 2.75) is 11.1 Å². The molecule has 0 radical (unpaired) electrons. The summed E-state index contributed by atoms with van der Waals surface area (Å²) in [6, 6.07) is 2.17. The predicted octanol–water partition coefficient (Wildman–Crippen LogP) is -0.866. The summed E-state index contributed by atoms with van der Waals surface area (Å²) in [5, 5.41) is 9.08. The summed E-state index contributed by atoms with van der Waals surface area (Å²) in [7, 11) is -3.78. The minimum absolute atomic E-state index is 0.0674. The maximum atomic E-state index is 12.5. The molecule has 1 atom stereocenters. The molecule has 2 aliphatic heterocycles. The lowest BCUT2D eigenvalue weighted by Crippen LogP contribution is -2.50. The summed E-state index contributed by atoms with van der Waals surface area (Å²) in [6.07, 6.45) is 0. The van der Waals surface area contributed by atoms with Crippen LogP contribution in [-0.2, 0) is 19.5 Å². The van der Waals surface area contributed by atoms with Crippen LogP contribution in [0.3, 0.4) is 0 Å². The van der Waals surface area contributed by atoms with Crippen molar-refractivity contribution in [3.63, 3.8) is 0 Å². The lowest BCUT2D eigenvalue weighted by atomic mass is 10.2. The van der Waals surface area contributed by atoms with Crippen molar-refractivity contribution < 1.29 is 32.2 Å². The second-order valence-corrected chi connectivity index (χ2v) is 7.41. The normalized spacial score (nSPS) is 23.4. The molecule has 1 amide bonds. The smallest absolute Gasteiger partial charge is 0.290 e. The number of rotatable bonds is 4. The molecule has 0 spiro atoms. The van der Waals surface area contributed by atoms with E-state index in [1.54, 1.807) is 0 Å². The summed E-state index contributed by atoms with van der Waals surface area (Å²) in [4.78, 5) is 14.0.